The highest BCUT2D eigenvalue weighted by Crippen LogP contribution is 2.65. The summed E-state index contributed by atoms with van der Waals surface area (Å²) in [7, 11) is 1.92. The van der Waals surface area contributed by atoms with Crippen LogP contribution in [0.2, 0.25) is 0 Å². The van der Waals surface area contributed by atoms with E-state index in [4.69, 9.17) is 4.52 Å². The van der Waals surface area contributed by atoms with Gasteiger partial charge in [-0.2, -0.15) is 26.3 Å². The highest BCUT2D eigenvalue weighted by Gasteiger charge is 2.49. The standard InChI is InChI=1S/C28H29F6N2OP/c1-5-26(2,21-13-7-6-8-14-21)37-38-35(3)24(19-11-9-15-22(17-19)27(29,30)31)25(36(38)4)20-12-10-16-23(18-20)28(32,33)34/h6-18,24-25H,5H2,1-4H3/t24-,25-,26?/m0/s1. The number of likely N-dealkylation sites (N-methyl/N-ethyl adjacent to an activating group) is 2. The number of hydrogen-bond donors (Lipinski definition) is 0. The third kappa shape index (κ3) is 5.62. The van der Waals surface area contributed by atoms with Crippen LogP contribution in [0.25, 0.3) is 0 Å². The Morgan fingerprint density at radius 2 is 1.11 bits per heavy atom. The maximum atomic E-state index is 13.6. The van der Waals surface area contributed by atoms with Crippen LogP contribution in [-0.4, -0.2) is 23.4 Å². The largest absolute Gasteiger partial charge is 0.416 e. The molecule has 0 radical (unpaired) electrons. The summed E-state index contributed by atoms with van der Waals surface area (Å²) < 4.78 is 92.0. The van der Waals surface area contributed by atoms with E-state index in [1.807, 2.05) is 53.5 Å². The van der Waals surface area contributed by atoms with Crippen molar-refractivity contribution in [1.82, 2.24) is 9.34 Å². The Kier molecular flexibility index (Phi) is 7.97. The zero-order valence-corrected chi connectivity index (χ0v) is 22.3. The van der Waals surface area contributed by atoms with Crippen molar-refractivity contribution in [3.8, 4) is 0 Å². The molecule has 1 fully saturated rings. The van der Waals surface area contributed by atoms with Gasteiger partial charge in [-0.1, -0.05) is 61.5 Å². The molecule has 0 aromatic heterocycles. The molecule has 0 N–H and O–H groups in total. The summed E-state index contributed by atoms with van der Waals surface area (Å²) in [6.07, 6.45) is -8.50. The lowest BCUT2D eigenvalue weighted by Gasteiger charge is -2.36. The predicted octanol–water partition coefficient (Wildman–Crippen LogP) is 8.95. The van der Waals surface area contributed by atoms with Crippen LogP contribution in [0.4, 0.5) is 26.3 Å². The summed E-state index contributed by atoms with van der Waals surface area (Å²) in [5, 5.41) is 0. The van der Waals surface area contributed by atoms with Crippen LogP contribution in [-0.2, 0) is 22.5 Å². The molecule has 1 saturated heterocycles. The molecule has 3 aromatic rings. The molecule has 38 heavy (non-hydrogen) atoms. The molecule has 1 aliphatic heterocycles. The number of benzene rings is 3. The Morgan fingerprint density at radius 1 is 0.684 bits per heavy atom. The fraction of sp³-hybridized carbons (Fsp3) is 0.357. The zero-order valence-electron chi connectivity index (χ0n) is 21.4. The summed E-state index contributed by atoms with van der Waals surface area (Å²) >= 11 is 0. The average Bonchev–Trinajstić information content (AvgIpc) is 3.13. The van der Waals surface area contributed by atoms with Crippen LogP contribution >= 0.6 is 8.45 Å². The minimum atomic E-state index is -4.56. The molecule has 0 aliphatic carbocycles. The predicted molar refractivity (Wildman–Crippen MR) is 136 cm³/mol. The minimum absolute atomic E-state index is 0.350. The fourth-order valence-corrected chi connectivity index (χ4v) is 7.10. The molecular formula is C28H29F6N2OP. The van der Waals surface area contributed by atoms with E-state index in [9.17, 15) is 26.3 Å². The molecular weight excluding hydrogens is 525 g/mol. The first-order valence-corrected chi connectivity index (χ1v) is 13.3. The zero-order chi connectivity index (χ0) is 27.9. The van der Waals surface area contributed by atoms with Crippen LogP contribution in [0.3, 0.4) is 0 Å². The van der Waals surface area contributed by atoms with Crippen molar-refractivity contribution in [2.24, 2.45) is 0 Å². The first kappa shape index (κ1) is 28.6. The lowest BCUT2D eigenvalue weighted by atomic mass is 9.91. The second-order valence-corrected chi connectivity index (χ2v) is 11.5. The van der Waals surface area contributed by atoms with Crippen molar-refractivity contribution < 1.29 is 30.9 Å². The maximum absolute atomic E-state index is 13.6. The fourth-order valence-electron chi connectivity index (χ4n) is 4.86. The van der Waals surface area contributed by atoms with E-state index in [-0.39, 0.29) is 0 Å². The summed E-state index contributed by atoms with van der Waals surface area (Å²) in [5.74, 6) is 0. The molecule has 0 saturated carbocycles. The van der Waals surface area contributed by atoms with Crippen molar-refractivity contribution in [1.29, 1.82) is 0 Å². The molecule has 4 rings (SSSR count). The molecule has 0 spiro atoms. The van der Waals surface area contributed by atoms with Gasteiger partial charge in [-0.15, -0.1) is 0 Å². The molecule has 3 atom stereocenters. The maximum Gasteiger partial charge on any atom is 0.416 e. The molecule has 3 nitrogen and oxygen atoms in total. The van der Waals surface area contributed by atoms with Gasteiger partial charge in [0.1, 0.15) is 0 Å². The molecule has 0 bridgehead atoms. The molecule has 0 amide bonds. The molecule has 1 unspecified atom stereocenters. The Morgan fingerprint density at radius 3 is 1.50 bits per heavy atom. The number of alkyl halides is 6. The lowest BCUT2D eigenvalue weighted by molar-refractivity contribution is -0.138. The topological polar surface area (TPSA) is 15.7 Å². The van der Waals surface area contributed by atoms with E-state index in [1.165, 1.54) is 12.1 Å². The number of rotatable bonds is 6. The van der Waals surface area contributed by atoms with E-state index in [0.29, 0.717) is 17.5 Å². The smallest absolute Gasteiger partial charge is 0.320 e. The van der Waals surface area contributed by atoms with Gasteiger partial charge in [0.15, 0.2) is 8.45 Å². The van der Waals surface area contributed by atoms with Crippen molar-refractivity contribution in [3.63, 3.8) is 0 Å². The molecule has 204 valence electrons. The van der Waals surface area contributed by atoms with Gasteiger partial charge in [0.2, 0.25) is 0 Å². The van der Waals surface area contributed by atoms with Crippen molar-refractivity contribution in [2.45, 2.75) is 50.3 Å². The summed E-state index contributed by atoms with van der Waals surface area (Å²) in [5.41, 5.74) is -0.713. The first-order chi connectivity index (χ1) is 17.8. The third-order valence-corrected chi connectivity index (χ3v) is 9.24. The van der Waals surface area contributed by atoms with Crippen LogP contribution < -0.4 is 0 Å². The highest BCUT2D eigenvalue weighted by molar-refractivity contribution is 7.47. The van der Waals surface area contributed by atoms with Gasteiger partial charge >= 0.3 is 12.4 Å². The van der Waals surface area contributed by atoms with E-state index in [2.05, 4.69) is 0 Å². The Hall–Kier alpha value is -2.45. The second-order valence-electron chi connectivity index (χ2n) is 9.58. The molecule has 1 aliphatic rings. The normalized spacial score (nSPS) is 21.5. The SMILES string of the molecule is CCC(C)(OP1N(C)[C@@H](c2cccc(C(F)(F)F)c2)[C@H](c2cccc(C(F)(F)F)c2)N1C)c1ccccc1. The quantitative estimate of drug-likeness (QED) is 0.224. The second kappa shape index (κ2) is 10.6. The van der Waals surface area contributed by atoms with E-state index < -0.39 is 49.6 Å². The van der Waals surface area contributed by atoms with Gasteiger partial charge in [-0.25, -0.2) is 9.34 Å². The third-order valence-electron chi connectivity index (χ3n) is 7.10. The van der Waals surface area contributed by atoms with Gasteiger partial charge in [0, 0.05) is 0 Å². The number of halogens is 6. The van der Waals surface area contributed by atoms with Gasteiger partial charge in [-0.05, 0) is 68.4 Å². The molecule has 1 heterocycles. The van der Waals surface area contributed by atoms with Gasteiger partial charge in [0.05, 0.1) is 28.8 Å². The van der Waals surface area contributed by atoms with E-state index in [1.54, 1.807) is 26.2 Å². The Balaban J connectivity index is 1.82. The Bertz CT molecular complexity index is 1180. The van der Waals surface area contributed by atoms with Crippen LogP contribution in [0.5, 0.6) is 0 Å². The number of nitrogens with zero attached hydrogens (tertiary/aromatic N) is 2. The molecule has 3 aromatic carbocycles. The van der Waals surface area contributed by atoms with Crippen LogP contribution in [0.1, 0.15) is 60.2 Å². The number of hydrogen-bond acceptors (Lipinski definition) is 3. The first-order valence-electron chi connectivity index (χ1n) is 12.1. The van der Waals surface area contributed by atoms with E-state index in [0.717, 1.165) is 29.8 Å². The molecule has 10 heteroatoms. The summed E-state index contributed by atoms with van der Waals surface area (Å²) in [6.45, 7) is 3.93. The minimum Gasteiger partial charge on any atom is -0.320 e. The van der Waals surface area contributed by atoms with Crippen LogP contribution in [0.15, 0.2) is 78.9 Å². The Labute approximate surface area is 220 Å². The van der Waals surface area contributed by atoms with Gasteiger partial charge < -0.3 is 4.52 Å². The van der Waals surface area contributed by atoms with E-state index >= 15 is 0 Å². The van der Waals surface area contributed by atoms with Gasteiger partial charge in [0.25, 0.3) is 0 Å². The summed E-state index contributed by atoms with van der Waals surface area (Å²) in [4.78, 5) is 0. The van der Waals surface area contributed by atoms with Crippen molar-refractivity contribution >= 4 is 8.45 Å². The highest BCUT2D eigenvalue weighted by atomic mass is 31.2. The lowest BCUT2D eigenvalue weighted by Crippen LogP contribution is -2.27. The summed E-state index contributed by atoms with van der Waals surface area (Å²) in [6, 6.07) is 18.2. The van der Waals surface area contributed by atoms with Crippen molar-refractivity contribution in [2.75, 3.05) is 14.1 Å². The van der Waals surface area contributed by atoms with Gasteiger partial charge in [-0.3, -0.25) is 0 Å². The average molecular weight is 555 g/mol. The monoisotopic (exact) mass is 554 g/mol. The van der Waals surface area contributed by atoms with Crippen molar-refractivity contribution in [3.05, 3.63) is 107 Å². The van der Waals surface area contributed by atoms with Crippen LogP contribution in [0, 0.1) is 0 Å².